The number of para-hydroxylation sites is 1. The zero-order valence-electron chi connectivity index (χ0n) is 14.5. The van der Waals surface area contributed by atoms with E-state index >= 15 is 0 Å². The van der Waals surface area contributed by atoms with E-state index in [4.69, 9.17) is 9.47 Å². The Kier molecular flexibility index (Phi) is 5.71. The highest BCUT2D eigenvalue weighted by Crippen LogP contribution is 2.33. The molecule has 3 rings (SSSR count). The average molecular weight is 358 g/mol. The highest BCUT2D eigenvalue weighted by Gasteiger charge is 2.18. The molecule has 1 aliphatic rings. The van der Waals surface area contributed by atoms with Gasteiger partial charge in [0.1, 0.15) is 0 Å². The summed E-state index contributed by atoms with van der Waals surface area (Å²) >= 11 is 1.85. The molecule has 0 spiro atoms. The predicted molar refractivity (Wildman–Crippen MR) is 102 cm³/mol. The normalized spacial score (nSPS) is 13.6. The van der Waals surface area contributed by atoms with Gasteiger partial charge in [-0.05, 0) is 36.4 Å². The molecule has 5 nitrogen and oxygen atoms in total. The van der Waals surface area contributed by atoms with Crippen LogP contribution in [0.25, 0.3) is 0 Å². The van der Waals surface area contributed by atoms with Crippen LogP contribution >= 0.6 is 11.8 Å². The minimum Gasteiger partial charge on any atom is -0.493 e. The molecule has 0 radical (unpaired) electrons. The second kappa shape index (κ2) is 8.16. The Morgan fingerprint density at radius 3 is 2.76 bits per heavy atom. The van der Waals surface area contributed by atoms with Gasteiger partial charge in [-0.2, -0.15) is 0 Å². The quantitative estimate of drug-likeness (QED) is 0.884. The fraction of sp³-hybridized carbons (Fsp3) is 0.316. The molecular weight excluding hydrogens is 336 g/mol. The van der Waals surface area contributed by atoms with E-state index in [-0.39, 0.29) is 5.91 Å². The van der Waals surface area contributed by atoms with E-state index in [9.17, 15) is 4.79 Å². The fourth-order valence-electron chi connectivity index (χ4n) is 2.85. The molecule has 1 aliphatic heterocycles. The number of ether oxygens (including phenoxy) is 2. The third kappa shape index (κ3) is 4.20. The standard InChI is InChI=1S/C19H22N2O3S/c1-23-16-9-8-14(12-17(16)24-2)20-19(22)13-21-10-5-11-25-18-7-4-3-6-15(18)21/h3-4,6-9,12H,5,10-11,13H2,1-2H3,(H,20,22). The van der Waals surface area contributed by atoms with Gasteiger partial charge >= 0.3 is 0 Å². The topological polar surface area (TPSA) is 50.8 Å². The zero-order chi connectivity index (χ0) is 17.6. The number of nitrogens with zero attached hydrogens (tertiary/aromatic N) is 1. The molecule has 0 saturated heterocycles. The molecule has 0 bridgehead atoms. The van der Waals surface area contributed by atoms with Crippen molar-refractivity contribution < 1.29 is 14.3 Å². The molecule has 0 fully saturated rings. The van der Waals surface area contributed by atoms with Gasteiger partial charge in [-0.3, -0.25) is 4.79 Å². The Morgan fingerprint density at radius 2 is 1.96 bits per heavy atom. The number of benzene rings is 2. The number of carbonyl (C=O) groups excluding carboxylic acids is 1. The second-order valence-electron chi connectivity index (χ2n) is 5.71. The summed E-state index contributed by atoms with van der Waals surface area (Å²) < 4.78 is 10.5. The molecule has 2 aromatic rings. The molecule has 6 heteroatoms. The highest BCUT2D eigenvalue weighted by atomic mass is 32.2. The summed E-state index contributed by atoms with van der Waals surface area (Å²) in [7, 11) is 3.17. The molecule has 0 atom stereocenters. The molecular formula is C19H22N2O3S. The summed E-state index contributed by atoms with van der Waals surface area (Å²) in [5.41, 5.74) is 1.83. The van der Waals surface area contributed by atoms with Gasteiger partial charge in [0.15, 0.2) is 11.5 Å². The number of nitrogens with one attached hydrogen (secondary N) is 1. The summed E-state index contributed by atoms with van der Waals surface area (Å²) in [6.07, 6.45) is 1.06. The zero-order valence-corrected chi connectivity index (χ0v) is 15.3. The largest absolute Gasteiger partial charge is 0.493 e. The highest BCUT2D eigenvalue weighted by molar-refractivity contribution is 7.99. The van der Waals surface area contributed by atoms with Crippen LogP contribution in [0.4, 0.5) is 11.4 Å². The van der Waals surface area contributed by atoms with Crippen molar-refractivity contribution in [2.75, 3.05) is 43.3 Å². The number of thioether (sulfide) groups is 1. The van der Waals surface area contributed by atoms with Gasteiger partial charge in [0.25, 0.3) is 0 Å². The first-order chi connectivity index (χ1) is 12.2. The summed E-state index contributed by atoms with van der Waals surface area (Å²) in [4.78, 5) is 15.9. The van der Waals surface area contributed by atoms with E-state index in [2.05, 4.69) is 22.3 Å². The summed E-state index contributed by atoms with van der Waals surface area (Å²) in [5, 5.41) is 2.94. The molecule has 0 aromatic heterocycles. The molecule has 0 saturated carbocycles. The van der Waals surface area contributed by atoms with Crippen LogP contribution in [0, 0.1) is 0 Å². The molecule has 0 aliphatic carbocycles. The minimum absolute atomic E-state index is 0.0473. The Bertz CT molecular complexity index is 751. The number of carbonyl (C=O) groups is 1. The van der Waals surface area contributed by atoms with Gasteiger partial charge in [-0.25, -0.2) is 0 Å². The van der Waals surface area contributed by atoms with Crippen LogP contribution < -0.4 is 19.7 Å². The SMILES string of the molecule is COc1ccc(NC(=O)CN2CCCSc3ccccc32)cc1OC. The van der Waals surface area contributed by atoms with E-state index < -0.39 is 0 Å². The first kappa shape index (κ1) is 17.5. The summed E-state index contributed by atoms with van der Waals surface area (Å²) in [6.45, 7) is 1.20. The summed E-state index contributed by atoms with van der Waals surface area (Å²) in [6, 6.07) is 13.6. The van der Waals surface area contributed by atoms with Gasteiger partial charge in [-0.15, -0.1) is 11.8 Å². The van der Waals surface area contributed by atoms with Crippen molar-refractivity contribution in [3.8, 4) is 11.5 Å². The van der Waals surface area contributed by atoms with Crippen molar-refractivity contribution in [2.24, 2.45) is 0 Å². The smallest absolute Gasteiger partial charge is 0.243 e. The number of fused-ring (bicyclic) bond motifs is 1. The van der Waals surface area contributed by atoms with Crippen LogP contribution in [0.15, 0.2) is 47.4 Å². The summed E-state index contributed by atoms with van der Waals surface area (Å²) in [5.74, 6) is 2.26. The van der Waals surface area contributed by atoms with Crippen LogP contribution in [-0.4, -0.2) is 39.0 Å². The lowest BCUT2D eigenvalue weighted by atomic mass is 10.2. The lowest BCUT2D eigenvalue weighted by Crippen LogP contribution is -2.34. The van der Waals surface area contributed by atoms with Crippen LogP contribution in [0.5, 0.6) is 11.5 Å². The Morgan fingerprint density at radius 1 is 1.16 bits per heavy atom. The van der Waals surface area contributed by atoms with Crippen molar-refractivity contribution in [1.82, 2.24) is 0 Å². The van der Waals surface area contributed by atoms with E-state index in [0.29, 0.717) is 23.7 Å². The monoisotopic (exact) mass is 358 g/mol. The average Bonchev–Trinajstić information content (AvgIpc) is 2.84. The fourth-order valence-corrected chi connectivity index (χ4v) is 3.86. The minimum atomic E-state index is -0.0473. The van der Waals surface area contributed by atoms with Gasteiger partial charge in [-0.1, -0.05) is 12.1 Å². The third-order valence-corrected chi connectivity index (χ3v) is 5.19. The van der Waals surface area contributed by atoms with E-state index in [1.54, 1.807) is 26.4 Å². The maximum absolute atomic E-state index is 12.5. The van der Waals surface area contributed by atoms with Crippen molar-refractivity contribution in [2.45, 2.75) is 11.3 Å². The second-order valence-corrected chi connectivity index (χ2v) is 6.85. The number of hydrogen-bond acceptors (Lipinski definition) is 5. The van der Waals surface area contributed by atoms with Gasteiger partial charge in [0.05, 0.1) is 26.5 Å². The molecule has 0 unspecified atom stereocenters. The number of methoxy groups -OCH3 is 2. The first-order valence-corrected chi connectivity index (χ1v) is 9.18. The Hall–Kier alpha value is -2.34. The Balaban J connectivity index is 1.71. The van der Waals surface area contributed by atoms with Crippen LogP contribution in [0.1, 0.15) is 6.42 Å². The van der Waals surface area contributed by atoms with E-state index in [1.165, 1.54) is 4.90 Å². The molecule has 1 amide bonds. The molecule has 1 N–H and O–H groups in total. The van der Waals surface area contributed by atoms with E-state index in [1.807, 2.05) is 30.0 Å². The molecule has 25 heavy (non-hydrogen) atoms. The van der Waals surface area contributed by atoms with E-state index in [0.717, 1.165) is 24.4 Å². The number of hydrogen-bond donors (Lipinski definition) is 1. The number of amides is 1. The van der Waals surface area contributed by atoms with Gasteiger partial charge < -0.3 is 19.7 Å². The van der Waals surface area contributed by atoms with Crippen molar-refractivity contribution in [3.05, 3.63) is 42.5 Å². The van der Waals surface area contributed by atoms with Crippen LogP contribution in [-0.2, 0) is 4.79 Å². The molecule has 2 aromatic carbocycles. The maximum atomic E-state index is 12.5. The predicted octanol–water partition coefficient (Wildman–Crippen LogP) is 3.64. The lowest BCUT2D eigenvalue weighted by molar-refractivity contribution is -0.115. The number of rotatable bonds is 5. The maximum Gasteiger partial charge on any atom is 0.243 e. The van der Waals surface area contributed by atoms with Crippen molar-refractivity contribution in [3.63, 3.8) is 0 Å². The lowest BCUT2D eigenvalue weighted by Gasteiger charge is -2.24. The third-order valence-electron chi connectivity index (χ3n) is 4.04. The van der Waals surface area contributed by atoms with Gasteiger partial charge in [0.2, 0.25) is 5.91 Å². The van der Waals surface area contributed by atoms with Crippen LogP contribution in [0.3, 0.4) is 0 Å². The number of anilines is 2. The first-order valence-electron chi connectivity index (χ1n) is 8.20. The molecule has 1 heterocycles. The Labute approximate surface area is 152 Å². The molecule has 132 valence electrons. The van der Waals surface area contributed by atoms with Crippen LogP contribution in [0.2, 0.25) is 0 Å². The van der Waals surface area contributed by atoms with Crippen molar-refractivity contribution >= 4 is 29.0 Å². The van der Waals surface area contributed by atoms with Gasteiger partial charge in [0, 0.05) is 23.2 Å². The van der Waals surface area contributed by atoms with Crippen molar-refractivity contribution in [1.29, 1.82) is 0 Å².